The lowest BCUT2D eigenvalue weighted by molar-refractivity contribution is 0.0114. The number of nitrogens with two attached hydrogens (primary N) is 1. The highest BCUT2D eigenvalue weighted by Crippen LogP contribution is 2.30. The number of hydrogen-bond donors (Lipinski definition) is 1. The minimum Gasteiger partial charge on any atom is -0.379 e. The summed E-state index contributed by atoms with van der Waals surface area (Å²) >= 11 is 0. The van der Waals surface area contributed by atoms with E-state index in [1.807, 2.05) is 0 Å². The fourth-order valence-corrected chi connectivity index (χ4v) is 3.29. The summed E-state index contributed by atoms with van der Waals surface area (Å²) in [4.78, 5) is 2.47. The standard InChI is InChI=1S/C16H26N2O/c1-11-9-12(2)15(13(3)10-11)16(14(4)17)18-5-7-19-8-6-18/h9-10,14,16H,5-8,17H2,1-4H3. The zero-order chi connectivity index (χ0) is 14.0. The molecule has 0 radical (unpaired) electrons. The Morgan fingerprint density at radius 2 is 1.63 bits per heavy atom. The summed E-state index contributed by atoms with van der Waals surface area (Å²) in [6.45, 7) is 12.2. The van der Waals surface area contributed by atoms with Crippen LogP contribution in [0.15, 0.2) is 12.1 Å². The maximum atomic E-state index is 6.29. The van der Waals surface area contributed by atoms with E-state index in [2.05, 4.69) is 44.7 Å². The van der Waals surface area contributed by atoms with Crippen LogP contribution in [0.3, 0.4) is 0 Å². The van der Waals surface area contributed by atoms with E-state index in [0.717, 1.165) is 26.3 Å². The van der Waals surface area contributed by atoms with Crippen LogP contribution in [0, 0.1) is 20.8 Å². The summed E-state index contributed by atoms with van der Waals surface area (Å²) in [6.07, 6.45) is 0. The Morgan fingerprint density at radius 1 is 1.11 bits per heavy atom. The van der Waals surface area contributed by atoms with Crippen molar-refractivity contribution < 1.29 is 4.74 Å². The summed E-state index contributed by atoms with van der Waals surface area (Å²) in [5.74, 6) is 0. The molecule has 0 aromatic heterocycles. The van der Waals surface area contributed by atoms with Crippen LogP contribution in [0.4, 0.5) is 0 Å². The third-order valence-corrected chi connectivity index (χ3v) is 3.97. The molecular formula is C16H26N2O. The van der Waals surface area contributed by atoms with E-state index in [9.17, 15) is 0 Å². The van der Waals surface area contributed by atoms with Crippen molar-refractivity contribution in [2.45, 2.75) is 39.8 Å². The van der Waals surface area contributed by atoms with Crippen LogP contribution in [0.5, 0.6) is 0 Å². The number of aryl methyl sites for hydroxylation is 3. The minimum atomic E-state index is 0.123. The molecule has 19 heavy (non-hydrogen) atoms. The van der Waals surface area contributed by atoms with Gasteiger partial charge in [-0.15, -0.1) is 0 Å². The van der Waals surface area contributed by atoms with E-state index in [1.54, 1.807) is 0 Å². The van der Waals surface area contributed by atoms with E-state index >= 15 is 0 Å². The fourth-order valence-electron chi connectivity index (χ4n) is 3.29. The van der Waals surface area contributed by atoms with Crippen LogP contribution < -0.4 is 5.73 Å². The predicted octanol–water partition coefficient (Wildman–Crippen LogP) is 2.33. The minimum absolute atomic E-state index is 0.123. The lowest BCUT2D eigenvalue weighted by Gasteiger charge is -2.38. The Bertz CT molecular complexity index is 413. The monoisotopic (exact) mass is 262 g/mol. The average Bonchev–Trinajstić information content (AvgIpc) is 2.34. The Balaban J connectivity index is 2.38. The second-order valence-electron chi connectivity index (χ2n) is 5.76. The van der Waals surface area contributed by atoms with Gasteiger partial charge in [-0.25, -0.2) is 0 Å². The highest BCUT2D eigenvalue weighted by molar-refractivity contribution is 5.40. The van der Waals surface area contributed by atoms with Gasteiger partial charge >= 0.3 is 0 Å². The molecule has 3 nitrogen and oxygen atoms in total. The quantitative estimate of drug-likeness (QED) is 0.908. The Morgan fingerprint density at radius 3 is 2.11 bits per heavy atom. The smallest absolute Gasteiger partial charge is 0.0594 e. The Labute approximate surface area is 116 Å². The van der Waals surface area contributed by atoms with Gasteiger partial charge < -0.3 is 10.5 Å². The van der Waals surface area contributed by atoms with Gasteiger partial charge in [0.05, 0.1) is 19.3 Å². The van der Waals surface area contributed by atoms with Gasteiger partial charge in [0.15, 0.2) is 0 Å². The van der Waals surface area contributed by atoms with Gasteiger partial charge in [0.25, 0.3) is 0 Å². The van der Waals surface area contributed by atoms with Crippen molar-refractivity contribution >= 4 is 0 Å². The summed E-state index contributed by atoms with van der Waals surface area (Å²) < 4.78 is 5.46. The summed E-state index contributed by atoms with van der Waals surface area (Å²) in [7, 11) is 0. The van der Waals surface area contributed by atoms with E-state index in [-0.39, 0.29) is 6.04 Å². The molecule has 0 bridgehead atoms. The van der Waals surface area contributed by atoms with Crippen LogP contribution >= 0.6 is 0 Å². The maximum absolute atomic E-state index is 6.29. The molecule has 0 saturated carbocycles. The fraction of sp³-hybridized carbons (Fsp3) is 0.625. The van der Waals surface area contributed by atoms with Crippen molar-refractivity contribution in [3.05, 3.63) is 34.4 Å². The number of ether oxygens (including phenoxy) is 1. The maximum Gasteiger partial charge on any atom is 0.0594 e. The first-order valence-electron chi connectivity index (χ1n) is 7.16. The number of nitrogens with zero attached hydrogens (tertiary/aromatic N) is 1. The first-order valence-corrected chi connectivity index (χ1v) is 7.16. The molecule has 2 atom stereocenters. The molecule has 1 aliphatic rings. The van der Waals surface area contributed by atoms with Crippen LogP contribution in [0.1, 0.15) is 35.2 Å². The lowest BCUT2D eigenvalue weighted by atomic mass is 9.89. The van der Waals surface area contributed by atoms with E-state index < -0.39 is 0 Å². The number of morpholine rings is 1. The van der Waals surface area contributed by atoms with Gasteiger partial charge in [0.2, 0.25) is 0 Å². The third-order valence-electron chi connectivity index (χ3n) is 3.97. The van der Waals surface area contributed by atoms with Crippen molar-refractivity contribution in [3.8, 4) is 0 Å². The molecule has 1 heterocycles. The van der Waals surface area contributed by atoms with Crippen molar-refractivity contribution in [2.75, 3.05) is 26.3 Å². The van der Waals surface area contributed by atoms with Crippen LogP contribution in [-0.4, -0.2) is 37.2 Å². The van der Waals surface area contributed by atoms with Gasteiger partial charge in [-0.2, -0.15) is 0 Å². The Kier molecular flexibility index (Phi) is 4.61. The highest BCUT2D eigenvalue weighted by atomic mass is 16.5. The number of benzene rings is 1. The van der Waals surface area contributed by atoms with E-state index in [4.69, 9.17) is 10.5 Å². The van der Waals surface area contributed by atoms with Gasteiger partial charge in [-0.05, 0) is 44.4 Å². The molecule has 2 N–H and O–H groups in total. The van der Waals surface area contributed by atoms with E-state index in [1.165, 1.54) is 22.3 Å². The molecule has 3 heteroatoms. The zero-order valence-electron chi connectivity index (χ0n) is 12.6. The molecule has 1 fully saturated rings. The predicted molar refractivity (Wildman–Crippen MR) is 79.4 cm³/mol. The second-order valence-corrected chi connectivity index (χ2v) is 5.76. The molecule has 0 amide bonds. The van der Waals surface area contributed by atoms with Crippen molar-refractivity contribution in [3.63, 3.8) is 0 Å². The number of hydrogen-bond acceptors (Lipinski definition) is 3. The SMILES string of the molecule is Cc1cc(C)c(C(C(C)N)N2CCOCC2)c(C)c1. The van der Waals surface area contributed by atoms with Crippen LogP contribution in [0.2, 0.25) is 0 Å². The molecule has 1 aromatic carbocycles. The summed E-state index contributed by atoms with van der Waals surface area (Å²) in [6, 6.07) is 4.94. The molecule has 1 aromatic rings. The molecule has 2 unspecified atom stereocenters. The van der Waals surface area contributed by atoms with Crippen LogP contribution in [-0.2, 0) is 4.74 Å². The molecule has 0 spiro atoms. The summed E-state index contributed by atoms with van der Waals surface area (Å²) in [5, 5.41) is 0. The Hall–Kier alpha value is -0.900. The molecule has 0 aliphatic carbocycles. The lowest BCUT2D eigenvalue weighted by Crippen LogP contribution is -2.45. The van der Waals surface area contributed by atoms with Crippen molar-refractivity contribution in [2.24, 2.45) is 5.73 Å². The molecule has 106 valence electrons. The first-order chi connectivity index (χ1) is 9.00. The van der Waals surface area contributed by atoms with Crippen molar-refractivity contribution in [1.82, 2.24) is 4.90 Å². The second kappa shape index (κ2) is 6.04. The molecule has 2 rings (SSSR count). The van der Waals surface area contributed by atoms with Gasteiger partial charge in [-0.1, -0.05) is 17.7 Å². The van der Waals surface area contributed by atoms with Gasteiger partial charge in [0.1, 0.15) is 0 Å². The van der Waals surface area contributed by atoms with Gasteiger partial charge in [0, 0.05) is 19.1 Å². The number of rotatable bonds is 3. The first kappa shape index (κ1) is 14.5. The largest absolute Gasteiger partial charge is 0.379 e. The highest BCUT2D eigenvalue weighted by Gasteiger charge is 2.28. The van der Waals surface area contributed by atoms with E-state index in [0.29, 0.717) is 6.04 Å². The summed E-state index contributed by atoms with van der Waals surface area (Å²) in [5.41, 5.74) is 11.7. The molecular weight excluding hydrogens is 236 g/mol. The average molecular weight is 262 g/mol. The van der Waals surface area contributed by atoms with Crippen molar-refractivity contribution in [1.29, 1.82) is 0 Å². The molecule has 1 aliphatic heterocycles. The third kappa shape index (κ3) is 3.16. The van der Waals surface area contributed by atoms with Crippen LogP contribution in [0.25, 0.3) is 0 Å². The molecule has 1 saturated heterocycles. The zero-order valence-corrected chi connectivity index (χ0v) is 12.6. The topological polar surface area (TPSA) is 38.5 Å². The normalized spacial score (nSPS) is 20.3. The van der Waals surface area contributed by atoms with Gasteiger partial charge in [-0.3, -0.25) is 4.90 Å².